The molecule has 1 heterocycles. The largest absolute Gasteiger partial charge is 0.353 e. The summed E-state index contributed by atoms with van der Waals surface area (Å²) >= 11 is 1.02. The van der Waals surface area contributed by atoms with E-state index in [1.54, 1.807) is 6.07 Å². The zero-order chi connectivity index (χ0) is 13.1. The van der Waals surface area contributed by atoms with E-state index in [4.69, 9.17) is 10.7 Å². The second kappa shape index (κ2) is 5.84. The van der Waals surface area contributed by atoms with Crippen molar-refractivity contribution >= 4 is 37.0 Å². The van der Waals surface area contributed by atoms with Crippen LogP contribution in [0.1, 0.15) is 25.1 Å². The Kier molecular flexibility index (Phi) is 4.97. The van der Waals surface area contributed by atoms with E-state index in [2.05, 4.69) is 5.32 Å². The number of nitrogens with one attached hydrogen (secondary N) is 1. The van der Waals surface area contributed by atoms with E-state index in [-0.39, 0.29) is 22.6 Å². The highest BCUT2D eigenvalue weighted by Gasteiger charge is 2.15. The van der Waals surface area contributed by atoms with Gasteiger partial charge in [-0.15, -0.1) is 11.3 Å². The van der Waals surface area contributed by atoms with Gasteiger partial charge in [-0.3, -0.25) is 4.79 Å². The predicted molar refractivity (Wildman–Crippen MR) is 69.0 cm³/mol. The lowest BCUT2D eigenvalue weighted by molar-refractivity contribution is -0.121. The third-order valence-corrected chi connectivity index (χ3v) is 5.41. The van der Waals surface area contributed by atoms with Crippen molar-refractivity contribution in [3.8, 4) is 0 Å². The van der Waals surface area contributed by atoms with Crippen LogP contribution in [0.15, 0.2) is 16.3 Å². The maximum absolute atomic E-state index is 11.6. The van der Waals surface area contributed by atoms with Crippen molar-refractivity contribution in [1.82, 2.24) is 5.32 Å². The van der Waals surface area contributed by atoms with E-state index < -0.39 is 9.05 Å². The van der Waals surface area contributed by atoms with E-state index in [0.29, 0.717) is 4.88 Å². The molecule has 1 rings (SSSR count). The van der Waals surface area contributed by atoms with E-state index in [1.165, 1.54) is 6.07 Å². The fourth-order valence-corrected chi connectivity index (χ4v) is 3.29. The summed E-state index contributed by atoms with van der Waals surface area (Å²) in [6.45, 7) is 3.90. The molecule has 1 aromatic rings. The van der Waals surface area contributed by atoms with Crippen LogP contribution >= 0.6 is 22.0 Å². The molecule has 0 aromatic carbocycles. The van der Waals surface area contributed by atoms with Gasteiger partial charge in [-0.1, -0.05) is 6.92 Å². The maximum Gasteiger partial charge on any atom is 0.270 e. The Morgan fingerprint density at radius 1 is 1.53 bits per heavy atom. The van der Waals surface area contributed by atoms with Crippen LogP contribution in [0.5, 0.6) is 0 Å². The number of amides is 1. The molecular weight excluding hydrogens is 282 g/mol. The molecule has 0 saturated carbocycles. The highest BCUT2D eigenvalue weighted by Crippen LogP contribution is 2.24. The van der Waals surface area contributed by atoms with E-state index in [9.17, 15) is 13.2 Å². The highest BCUT2D eigenvalue weighted by molar-refractivity contribution is 8.15. The van der Waals surface area contributed by atoms with Crippen molar-refractivity contribution in [2.24, 2.45) is 0 Å². The lowest BCUT2D eigenvalue weighted by Gasteiger charge is -2.10. The van der Waals surface area contributed by atoms with Crippen LogP contribution in [0.3, 0.4) is 0 Å². The molecule has 1 aromatic heterocycles. The van der Waals surface area contributed by atoms with E-state index >= 15 is 0 Å². The van der Waals surface area contributed by atoms with Gasteiger partial charge in [-0.25, -0.2) is 8.42 Å². The van der Waals surface area contributed by atoms with Gasteiger partial charge < -0.3 is 5.32 Å². The molecule has 7 heteroatoms. The van der Waals surface area contributed by atoms with Crippen molar-refractivity contribution in [3.05, 3.63) is 17.0 Å². The minimum atomic E-state index is -3.69. The Hall–Kier alpha value is -0.590. The minimum Gasteiger partial charge on any atom is -0.353 e. The number of hydrogen-bond donors (Lipinski definition) is 1. The molecule has 0 radical (unpaired) electrons. The first-order valence-electron chi connectivity index (χ1n) is 5.15. The molecule has 0 aliphatic heterocycles. The number of rotatable bonds is 5. The van der Waals surface area contributed by atoms with Gasteiger partial charge in [0.1, 0.15) is 4.21 Å². The van der Waals surface area contributed by atoms with Crippen molar-refractivity contribution in [2.45, 2.75) is 36.9 Å². The van der Waals surface area contributed by atoms with Gasteiger partial charge in [0.2, 0.25) is 5.91 Å². The molecule has 0 bridgehead atoms. The standard InChI is InChI=1S/C10H14ClNO3S2/c1-3-7(2)12-9(13)6-8-4-5-10(16-8)17(11,14)15/h4-5,7H,3,6H2,1-2H3,(H,12,13). The summed E-state index contributed by atoms with van der Waals surface area (Å²) in [6, 6.07) is 3.15. The quantitative estimate of drug-likeness (QED) is 0.847. The molecule has 1 unspecified atom stereocenters. The summed E-state index contributed by atoms with van der Waals surface area (Å²) < 4.78 is 22.1. The van der Waals surface area contributed by atoms with Crippen molar-refractivity contribution in [2.75, 3.05) is 0 Å². The number of carbonyl (C=O) groups is 1. The van der Waals surface area contributed by atoms with Crippen LogP contribution in [-0.2, 0) is 20.3 Å². The summed E-state index contributed by atoms with van der Waals surface area (Å²) in [4.78, 5) is 12.2. The Bertz CT molecular complexity index is 495. The lowest BCUT2D eigenvalue weighted by atomic mass is 10.2. The highest BCUT2D eigenvalue weighted by atomic mass is 35.7. The second-order valence-electron chi connectivity index (χ2n) is 3.71. The number of thiophene rings is 1. The summed E-state index contributed by atoms with van der Waals surface area (Å²) in [6.07, 6.45) is 1.04. The fourth-order valence-electron chi connectivity index (χ4n) is 1.17. The smallest absolute Gasteiger partial charge is 0.270 e. The minimum absolute atomic E-state index is 0.0745. The average Bonchev–Trinajstić information content (AvgIpc) is 2.65. The molecule has 0 saturated heterocycles. The first kappa shape index (κ1) is 14.5. The maximum atomic E-state index is 11.6. The van der Waals surface area contributed by atoms with Crippen LogP contribution in [0.25, 0.3) is 0 Å². The van der Waals surface area contributed by atoms with E-state index in [1.807, 2.05) is 13.8 Å². The molecule has 0 aliphatic rings. The van der Waals surface area contributed by atoms with Crippen molar-refractivity contribution < 1.29 is 13.2 Å². The summed E-state index contributed by atoms with van der Waals surface area (Å²) in [5.74, 6) is -0.111. The Labute approximate surface area is 109 Å². The summed E-state index contributed by atoms with van der Waals surface area (Å²) in [7, 11) is 1.51. The normalized spacial score (nSPS) is 13.4. The monoisotopic (exact) mass is 295 g/mol. The lowest BCUT2D eigenvalue weighted by Crippen LogP contribution is -2.32. The first-order valence-corrected chi connectivity index (χ1v) is 8.28. The van der Waals surface area contributed by atoms with Gasteiger partial charge in [0.25, 0.3) is 9.05 Å². The molecule has 1 atom stereocenters. The molecule has 0 spiro atoms. The van der Waals surface area contributed by atoms with Gasteiger partial charge in [0, 0.05) is 21.6 Å². The van der Waals surface area contributed by atoms with Gasteiger partial charge >= 0.3 is 0 Å². The summed E-state index contributed by atoms with van der Waals surface area (Å²) in [5.41, 5.74) is 0. The van der Waals surface area contributed by atoms with Crippen molar-refractivity contribution in [3.63, 3.8) is 0 Å². The van der Waals surface area contributed by atoms with Crippen LogP contribution in [0, 0.1) is 0 Å². The molecule has 1 N–H and O–H groups in total. The Balaban J connectivity index is 2.64. The van der Waals surface area contributed by atoms with Crippen LogP contribution in [0.2, 0.25) is 0 Å². The fraction of sp³-hybridized carbons (Fsp3) is 0.500. The summed E-state index contributed by atoms with van der Waals surface area (Å²) in [5, 5.41) is 2.81. The van der Waals surface area contributed by atoms with Gasteiger partial charge in [0.15, 0.2) is 0 Å². The van der Waals surface area contributed by atoms with Crippen molar-refractivity contribution in [1.29, 1.82) is 0 Å². The molecule has 96 valence electrons. The SMILES string of the molecule is CCC(C)NC(=O)Cc1ccc(S(=O)(=O)Cl)s1. The zero-order valence-electron chi connectivity index (χ0n) is 9.57. The zero-order valence-corrected chi connectivity index (χ0v) is 12.0. The molecular formula is C10H14ClNO3S2. The van der Waals surface area contributed by atoms with Gasteiger partial charge in [-0.2, -0.15) is 0 Å². The average molecular weight is 296 g/mol. The topological polar surface area (TPSA) is 63.2 Å². The number of carbonyl (C=O) groups excluding carboxylic acids is 1. The predicted octanol–water partition coefficient (Wildman–Crippen LogP) is 2.13. The van der Waals surface area contributed by atoms with Gasteiger partial charge in [-0.05, 0) is 25.5 Å². The first-order chi connectivity index (χ1) is 7.82. The molecule has 0 aliphatic carbocycles. The molecule has 17 heavy (non-hydrogen) atoms. The number of halogens is 1. The Morgan fingerprint density at radius 3 is 2.65 bits per heavy atom. The third kappa shape index (κ3) is 4.65. The van der Waals surface area contributed by atoms with Crippen LogP contribution < -0.4 is 5.32 Å². The third-order valence-electron chi connectivity index (χ3n) is 2.23. The Morgan fingerprint density at radius 2 is 2.18 bits per heavy atom. The second-order valence-corrected chi connectivity index (χ2v) is 7.67. The van der Waals surface area contributed by atoms with Crippen LogP contribution in [-0.4, -0.2) is 20.4 Å². The van der Waals surface area contributed by atoms with E-state index in [0.717, 1.165) is 17.8 Å². The van der Waals surface area contributed by atoms with Crippen LogP contribution in [0.4, 0.5) is 0 Å². The molecule has 1 amide bonds. The number of hydrogen-bond acceptors (Lipinski definition) is 4. The molecule has 0 fully saturated rings. The molecule has 4 nitrogen and oxygen atoms in total. The van der Waals surface area contributed by atoms with Gasteiger partial charge in [0.05, 0.1) is 6.42 Å².